The maximum Gasteiger partial charge on any atom is 0.573 e. The Kier molecular flexibility index (Phi) is 3.07. The minimum atomic E-state index is -4.85. The van der Waals surface area contributed by atoms with E-state index in [1.807, 2.05) is 0 Å². The summed E-state index contributed by atoms with van der Waals surface area (Å²) in [5.41, 5.74) is 5.15. The molecule has 0 unspecified atom stereocenters. The average Bonchev–Trinajstić information content (AvgIpc) is 1.96. The second-order valence-corrected chi connectivity index (χ2v) is 3.43. The van der Waals surface area contributed by atoms with Gasteiger partial charge in [-0.05, 0) is 28.7 Å². The maximum atomic E-state index is 12.7. The van der Waals surface area contributed by atoms with Gasteiger partial charge in [0.05, 0.1) is 9.26 Å². The molecule has 7 heteroatoms. The van der Waals surface area contributed by atoms with Crippen LogP contribution in [0.3, 0.4) is 0 Å². The Morgan fingerprint density at radius 2 is 1.86 bits per heavy atom. The van der Waals surface area contributed by atoms with Crippen LogP contribution in [-0.2, 0) is 0 Å². The first kappa shape index (κ1) is 11.3. The van der Waals surface area contributed by atoms with Gasteiger partial charge in [0.25, 0.3) is 0 Å². The van der Waals surface area contributed by atoms with Crippen molar-refractivity contribution < 1.29 is 22.3 Å². The van der Waals surface area contributed by atoms with E-state index in [-0.39, 0.29) is 9.26 Å². The van der Waals surface area contributed by atoms with Gasteiger partial charge in [0.15, 0.2) is 0 Å². The number of anilines is 1. The van der Waals surface area contributed by atoms with Crippen LogP contribution < -0.4 is 10.5 Å². The van der Waals surface area contributed by atoms with E-state index in [1.54, 1.807) is 22.6 Å². The van der Waals surface area contributed by atoms with Crippen molar-refractivity contribution in [2.45, 2.75) is 6.36 Å². The maximum absolute atomic E-state index is 12.7. The molecule has 0 saturated heterocycles. The van der Waals surface area contributed by atoms with E-state index in [2.05, 4.69) is 4.74 Å². The van der Waals surface area contributed by atoms with Gasteiger partial charge in [0.2, 0.25) is 0 Å². The summed E-state index contributed by atoms with van der Waals surface area (Å²) >= 11 is 1.54. The molecule has 0 aliphatic rings. The van der Waals surface area contributed by atoms with Gasteiger partial charge >= 0.3 is 6.36 Å². The second kappa shape index (κ2) is 3.79. The lowest BCUT2D eigenvalue weighted by atomic mass is 10.3. The van der Waals surface area contributed by atoms with Crippen LogP contribution in [0.15, 0.2) is 12.1 Å². The smallest absolute Gasteiger partial charge is 0.404 e. The van der Waals surface area contributed by atoms with Gasteiger partial charge in [0, 0.05) is 6.07 Å². The number of halogens is 5. The van der Waals surface area contributed by atoms with E-state index in [1.165, 1.54) is 0 Å². The van der Waals surface area contributed by atoms with Crippen molar-refractivity contribution in [3.8, 4) is 5.75 Å². The van der Waals surface area contributed by atoms with Crippen LogP contribution in [0.25, 0.3) is 0 Å². The van der Waals surface area contributed by atoms with Gasteiger partial charge in [-0.3, -0.25) is 0 Å². The zero-order chi connectivity index (χ0) is 10.9. The number of benzene rings is 1. The standard InChI is InChI=1S/C7H4F4INO/c8-3-1-4(13)6(12)5(2-3)14-7(9,10)11/h1-2H,13H2. The van der Waals surface area contributed by atoms with Crippen LogP contribution in [0, 0.1) is 9.39 Å². The number of hydrogen-bond acceptors (Lipinski definition) is 2. The molecule has 0 fully saturated rings. The van der Waals surface area contributed by atoms with Gasteiger partial charge in [-0.1, -0.05) is 0 Å². The topological polar surface area (TPSA) is 35.2 Å². The van der Waals surface area contributed by atoms with Gasteiger partial charge in [0.1, 0.15) is 11.6 Å². The molecule has 1 aromatic rings. The summed E-state index contributed by atoms with van der Waals surface area (Å²) in [6.45, 7) is 0. The number of alkyl halides is 3. The molecular formula is C7H4F4INO. The zero-order valence-corrected chi connectivity index (χ0v) is 8.69. The van der Waals surface area contributed by atoms with Crippen LogP contribution in [0.5, 0.6) is 5.75 Å². The quantitative estimate of drug-likeness (QED) is 0.490. The van der Waals surface area contributed by atoms with Crippen molar-refractivity contribution in [1.29, 1.82) is 0 Å². The zero-order valence-electron chi connectivity index (χ0n) is 6.53. The Hall–Kier alpha value is -0.730. The van der Waals surface area contributed by atoms with Crippen molar-refractivity contribution in [3.63, 3.8) is 0 Å². The Labute approximate surface area is 90.2 Å². The number of ether oxygens (including phenoxy) is 1. The van der Waals surface area contributed by atoms with E-state index >= 15 is 0 Å². The normalized spacial score (nSPS) is 11.5. The summed E-state index contributed by atoms with van der Waals surface area (Å²) in [4.78, 5) is 0. The third-order valence-electron chi connectivity index (χ3n) is 1.26. The lowest BCUT2D eigenvalue weighted by Crippen LogP contribution is -2.18. The summed E-state index contributed by atoms with van der Waals surface area (Å²) < 4.78 is 51.6. The summed E-state index contributed by atoms with van der Waals surface area (Å²) in [5.74, 6) is -1.50. The summed E-state index contributed by atoms with van der Waals surface area (Å²) in [7, 11) is 0. The molecule has 2 N–H and O–H groups in total. The Bertz CT molecular complexity index is 352. The fourth-order valence-electron chi connectivity index (χ4n) is 0.783. The molecule has 0 amide bonds. The average molecular weight is 321 g/mol. The number of rotatable bonds is 1. The predicted molar refractivity (Wildman–Crippen MR) is 50.2 cm³/mol. The third kappa shape index (κ3) is 2.89. The van der Waals surface area contributed by atoms with Crippen molar-refractivity contribution in [2.24, 2.45) is 0 Å². The first-order chi connectivity index (χ1) is 6.29. The summed E-state index contributed by atoms with van der Waals surface area (Å²) in [6.07, 6.45) is -4.85. The van der Waals surface area contributed by atoms with Gasteiger partial charge in [-0.15, -0.1) is 13.2 Å². The minimum absolute atomic E-state index is 0.0290. The first-order valence-corrected chi connectivity index (χ1v) is 4.38. The highest BCUT2D eigenvalue weighted by Gasteiger charge is 2.32. The van der Waals surface area contributed by atoms with Crippen molar-refractivity contribution in [2.75, 3.05) is 5.73 Å². The van der Waals surface area contributed by atoms with Crippen LogP contribution in [0.4, 0.5) is 23.2 Å². The van der Waals surface area contributed by atoms with Crippen LogP contribution in [-0.4, -0.2) is 6.36 Å². The first-order valence-electron chi connectivity index (χ1n) is 3.30. The molecule has 1 rings (SSSR count). The highest BCUT2D eigenvalue weighted by Crippen LogP contribution is 2.31. The lowest BCUT2D eigenvalue weighted by molar-refractivity contribution is -0.275. The van der Waals surface area contributed by atoms with Crippen LogP contribution >= 0.6 is 22.6 Å². The molecule has 0 atom stereocenters. The molecule has 14 heavy (non-hydrogen) atoms. The molecular weight excluding hydrogens is 317 g/mol. The SMILES string of the molecule is Nc1cc(F)cc(OC(F)(F)F)c1I. The Morgan fingerprint density at radius 3 is 2.36 bits per heavy atom. The third-order valence-corrected chi connectivity index (χ3v) is 2.41. The molecule has 1 aromatic carbocycles. The van der Waals surface area contributed by atoms with Gasteiger partial charge in [-0.2, -0.15) is 0 Å². The molecule has 0 spiro atoms. The molecule has 0 heterocycles. The highest BCUT2D eigenvalue weighted by molar-refractivity contribution is 14.1. The van der Waals surface area contributed by atoms with Gasteiger partial charge in [-0.25, -0.2) is 4.39 Å². The molecule has 0 aliphatic heterocycles. The molecule has 0 radical (unpaired) electrons. The van der Waals surface area contributed by atoms with E-state index in [0.29, 0.717) is 6.07 Å². The Morgan fingerprint density at radius 1 is 1.29 bits per heavy atom. The van der Waals surface area contributed by atoms with Crippen molar-refractivity contribution in [1.82, 2.24) is 0 Å². The second-order valence-electron chi connectivity index (χ2n) is 2.35. The van der Waals surface area contributed by atoms with E-state index in [0.717, 1.165) is 6.07 Å². The minimum Gasteiger partial charge on any atom is -0.404 e. The molecule has 2 nitrogen and oxygen atoms in total. The molecule has 0 aliphatic carbocycles. The number of hydrogen-bond donors (Lipinski definition) is 1. The molecule has 78 valence electrons. The van der Waals surface area contributed by atoms with Crippen LogP contribution in [0.1, 0.15) is 0 Å². The molecule has 0 bridgehead atoms. The largest absolute Gasteiger partial charge is 0.573 e. The van der Waals surface area contributed by atoms with E-state index < -0.39 is 17.9 Å². The molecule has 0 saturated carbocycles. The lowest BCUT2D eigenvalue weighted by Gasteiger charge is -2.11. The summed E-state index contributed by atoms with van der Waals surface area (Å²) in [6, 6.07) is 1.55. The van der Waals surface area contributed by atoms with Crippen LogP contribution in [0.2, 0.25) is 0 Å². The Balaban J connectivity index is 3.09. The summed E-state index contributed by atoms with van der Waals surface area (Å²) in [5, 5.41) is 0. The van der Waals surface area contributed by atoms with E-state index in [9.17, 15) is 17.6 Å². The van der Waals surface area contributed by atoms with Gasteiger partial charge < -0.3 is 10.5 Å². The fourth-order valence-corrected chi connectivity index (χ4v) is 1.20. The van der Waals surface area contributed by atoms with Crippen molar-refractivity contribution in [3.05, 3.63) is 21.5 Å². The predicted octanol–water partition coefficient (Wildman–Crippen LogP) is 2.91. The highest BCUT2D eigenvalue weighted by atomic mass is 127. The van der Waals surface area contributed by atoms with Crippen molar-refractivity contribution >= 4 is 28.3 Å². The molecule has 0 aromatic heterocycles. The fraction of sp³-hybridized carbons (Fsp3) is 0.143. The number of nitrogen functional groups attached to an aromatic ring is 1. The monoisotopic (exact) mass is 321 g/mol. The van der Waals surface area contributed by atoms with E-state index in [4.69, 9.17) is 5.73 Å². The number of nitrogens with two attached hydrogens (primary N) is 1.